The van der Waals surface area contributed by atoms with E-state index < -0.39 is 0 Å². The van der Waals surface area contributed by atoms with E-state index in [0.29, 0.717) is 10.6 Å². The molecule has 0 amide bonds. The highest BCUT2D eigenvalue weighted by molar-refractivity contribution is 14.1. The van der Waals surface area contributed by atoms with Gasteiger partial charge in [0.25, 0.3) is 0 Å². The predicted octanol–water partition coefficient (Wildman–Crippen LogP) is 4.37. The molecule has 0 spiro atoms. The van der Waals surface area contributed by atoms with Crippen molar-refractivity contribution in [2.24, 2.45) is 7.05 Å². The van der Waals surface area contributed by atoms with Crippen LogP contribution in [0.25, 0.3) is 22.4 Å². The monoisotopic (exact) mass is 393 g/mol. The van der Waals surface area contributed by atoms with Crippen molar-refractivity contribution in [2.75, 3.05) is 0 Å². The number of halogens is 2. The lowest BCUT2D eigenvalue weighted by molar-refractivity contribution is 0.959. The molecule has 0 saturated heterocycles. The third-order valence-electron chi connectivity index (χ3n) is 3.19. The summed E-state index contributed by atoms with van der Waals surface area (Å²) in [7, 11) is 1.96. The summed E-state index contributed by atoms with van der Waals surface area (Å²) in [5, 5.41) is 9.67. The van der Waals surface area contributed by atoms with Crippen molar-refractivity contribution in [1.82, 2.24) is 9.55 Å². The van der Waals surface area contributed by atoms with Crippen LogP contribution in [0.2, 0.25) is 5.02 Å². The number of nitriles is 1. The summed E-state index contributed by atoms with van der Waals surface area (Å²) in [6, 6.07) is 13.5. The Balaban J connectivity index is 2.23. The van der Waals surface area contributed by atoms with Crippen molar-refractivity contribution in [3.05, 3.63) is 50.6 Å². The van der Waals surface area contributed by atoms with Gasteiger partial charge in [0.2, 0.25) is 0 Å². The van der Waals surface area contributed by atoms with Gasteiger partial charge in [-0.15, -0.1) is 0 Å². The van der Waals surface area contributed by atoms with Crippen molar-refractivity contribution >= 4 is 45.2 Å². The minimum Gasteiger partial charge on any atom is -0.327 e. The number of fused-ring (bicyclic) bond motifs is 1. The zero-order valence-electron chi connectivity index (χ0n) is 10.6. The van der Waals surface area contributed by atoms with Crippen molar-refractivity contribution in [2.45, 2.75) is 0 Å². The van der Waals surface area contributed by atoms with E-state index in [4.69, 9.17) is 16.9 Å². The van der Waals surface area contributed by atoms with Crippen LogP contribution in [0.15, 0.2) is 36.4 Å². The number of nitrogens with zero attached hydrogens (tertiary/aromatic N) is 3. The normalized spacial score (nSPS) is 10.7. The Labute approximate surface area is 134 Å². The summed E-state index contributed by atoms with van der Waals surface area (Å²) in [6.45, 7) is 0. The Morgan fingerprint density at radius 3 is 2.75 bits per heavy atom. The molecule has 1 heterocycles. The molecule has 0 fully saturated rings. The predicted molar refractivity (Wildman–Crippen MR) is 88.6 cm³/mol. The zero-order valence-corrected chi connectivity index (χ0v) is 13.5. The summed E-state index contributed by atoms with van der Waals surface area (Å²) in [5.74, 6) is 0.841. The molecule has 0 N–H and O–H groups in total. The molecule has 20 heavy (non-hydrogen) atoms. The number of aromatic nitrogens is 2. The molecular formula is C15H9ClIN3. The minimum absolute atomic E-state index is 0.614. The van der Waals surface area contributed by atoms with Gasteiger partial charge >= 0.3 is 0 Å². The Morgan fingerprint density at radius 2 is 2.05 bits per heavy atom. The van der Waals surface area contributed by atoms with Gasteiger partial charge in [0, 0.05) is 16.2 Å². The van der Waals surface area contributed by atoms with E-state index in [1.165, 1.54) is 0 Å². The molecule has 0 atom stereocenters. The second kappa shape index (κ2) is 5.08. The van der Waals surface area contributed by atoms with Crippen LogP contribution in [0.4, 0.5) is 0 Å². The number of hydrogen-bond donors (Lipinski definition) is 0. The molecule has 0 bridgehead atoms. The third-order valence-corrected chi connectivity index (χ3v) is 4.76. The Morgan fingerprint density at radius 1 is 1.25 bits per heavy atom. The highest BCUT2D eigenvalue weighted by Gasteiger charge is 2.11. The molecule has 3 aromatic rings. The number of aryl methyl sites for hydroxylation is 1. The zero-order chi connectivity index (χ0) is 14.3. The van der Waals surface area contributed by atoms with Crippen LogP contribution in [-0.2, 0) is 7.05 Å². The van der Waals surface area contributed by atoms with E-state index >= 15 is 0 Å². The van der Waals surface area contributed by atoms with Crippen LogP contribution in [-0.4, -0.2) is 9.55 Å². The fourth-order valence-corrected chi connectivity index (χ4v) is 2.68. The molecule has 2 aromatic carbocycles. The van der Waals surface area contributed by atoms with E-state index in [0.717, 1.165) is 26.0 Å². The smallest absolute Gasteiger partial charge is 0.140 e. The van der Waals surface area contributed by atoms with Crippen LogP contribution < -0.4 is 0 Å². The minimum atomic E-state index is 0.614. The molecule has 0 aliphatic carbocycles. The summed E-state index contributed by atoms with van der Waals surface area (Å²) < 4.78 is 3.02. The van der Waals surface area contributed by atoms with Gasteiger partial charge in [-0.2, -0.15) is 5.26 Å². The van der Waals surface area contributed by atoms with Gasteiger partial charge in [-0.3, -0.25) is 0 Å². The quantitative estimate of drug-likeness (QED) is 0.576. The van der Waals surface area contributed by atoms with Gasteiger partial charge in [0.05, 0.1) is 27.7 Å². The van der Waals surface area contributed by atoms with Crippen LogP contribution in [0.3, 0.4) is 0 Å². The van der Waals surface area contributed by atoms with E-state index in [1.807, 2.05) is 35.9 Å². The van der Waals surface area contributed by atoms with Crippen molar-refractivity contribution in [3.63, 3.8) is 0 Å². The third kappa shape index (κ3) is 2.17. The van der Waals surface area contributed by atoms with Crippen LogP contribution in [0.5, 0.6) is 0 Å². The van der Waals surface area contributed by atoms with Gasteiger partial charge in [0.1, 0.15) is 5.82 Å². The fourth-order valence-electron chi connectivity index (χ4n) is 2.16. The SMILES string of the molecule is Cn1c(-c2ccc(I)c(Cl)c2)nc2cc(C#N)ccc21. The van der Waals surface area contributed by atoms with Gasteiger partial charge in [-0.1, -0.05) is 17.7 Å². The first-order valence-corrected chi connectivity index (χ1v) is 7.38. The molecule has 98 valence electrons. The lowest BCUT2D eigenvalue weighted by Crippen LogP contribution is -1.92. The summed E-state index contributed by atoms with van der Waals surface area (Å²) in [5.41, 5.74) is 3.39. The van der Waals surface area contributed by atoms with Crippen LogP contribution >= 0.6 is 34.2 Å². The lowest BCUT2D eigenvalue weighted by Gasteiger charge is -2.04. The molecule has 0 aliphatic heterocycles. The first-order chi connectivity index (χ1) is 9.60. The second-order valence-electron chi connectivity index (χ2n) is 4.44. The Hall–Kier alpha value is -1.58. The molecule has 0 unspecified atom stereocenters. The molecule has 5 heteroatoms. The molecule has 1 aromatic heterocycles. The maximum absolute atomic E-state index is 8.95. The maximum Gasteiger partial charge on any atom is 0.140 e. The average molecular weight is 394 g/mol. The average Bonchev–Trinajstić information content (AvgIpc) is 2.78. The molecule has 0 saturated carbocycles. The van der Waals surface area contributed by atoms with Crippen molar-refractivity contribution in [3.8, 4) is 17.5 Å². The molecule has 0 radical (unpaired) electrons. The first kappa shape index (κ1) is 13.4. The van der Waals surface area contributed by atoms with Crippen LogP contribution in [0, 0.1) is 14.9 Å². The maximum atomic E-state index is 8.95. The number of rotatable bonds is 1. The Kier molecular flexibility index (Phi) is 3.40. The number of imidazole rings is 1. The fraction of sp³-hybridized carbons (Fsp3) is 0.0667. The van der Waals surface area contributed by atoms with E-state index in [9.17, 15) is 0 Å². The Bertz CT molecular complexity index is 861. The van der Waals surface area contributed by atoms with Gasteiger partial charge in [-0.25, -0.2) is 4.98 Å². The van der Waals surface area contributed by atoms with Gasteiger partial charge in [-0.05, 0) is 52.9 Å². The molecule has 3 rings (SSSR count). The van der Waals surface area contributed by atoms with Gasteiger partial charge in [0.15, 0.2) is 0 Å². The van der Waals surface area contributed by atoms with Crippen molar-refractivity contribution in [1.29, 1.82) is 5.26 Å². The number of hydrogen-bond acceptors (Lipinski definition) is 2. The summed E-state index contributed by atoms with van der Waals surface area (Å²) in [6.07, 6.45) is 0. The highest BCUT2D eigenvalue weighted by atomic mass is 127. The molecule has 0 aliphatic rings. The largest absolute Gasteiger partial charge is 0.327 e. The lowest BCUT2D eigenvalue weighted by atomic mass is 10.2. The molecule has 3 nitrogen and oxygen atoms in total. The van der Waals surface area contributed by atoms with E-state index in [2.05, 4.69) is 33.6 Å². The van der Waals surface area contributed by atoms with Gasteiger partial charge < -0.3 is 4.57 Å². The standard InChI is InChI=1S/C15H9ClIN3/c1-20-14-5-2-9(8-18)6-13(14)19-15(20)10-3-4-12(17)11(16)7-10/h2-7H,1H3. The topological polar surface area (TPSA) is 41.6 Å². The van der Waals surface area contributed by atoms with Crippen molar-refractivity contribution < 1.29 is 0 Å². The second-order valence-corrected chi connectivity index (χ2v) is 6.01. The number of benzene rings is 2. The highest BCUT2D eigenvalue weighted by Crippen LogP contribution is 2.28. The van der Waals surface area contributed by atoms with Crippen LogP contribution in [0.1, 0.15) is 5.56 Å². The summed E-state index contributed by atoms with van der Waals surface area (Å²) >= 11 is 8.37. The summed E-state index contributed by atoms with van der Waals surface area (Å²) in [4.78, 5) is 4.61. The van der Waals surface area contributed by atoms with E-state index in [-0.39, 0.29) is 0 Å². The first-order valence-electron chi connectivity index (χ1n) is 5.92. The van der Waals surface area contributed by atoms with E-state index in [1.54, 1.807) is 12.1 Å². The molecular weight excluding hydrogens is 385 g/mol.